The van der Waals surface area contributed by atoms with E-state index in [1.165, 1.54) is 12.8 Å². The van der Waals surface area contributed by atoms with Crippen molar-refractivity contribution in [3.8, 4) is 0 Å². The van der Waals surface area contributed by atoms with E-state index in [2.05, 4.69) is 0 Å². The minimum atomic E-state index is -2.24. The number of nitrogens with zero attached hydrogens (tertiary/aromatic N) is 1. The van der Waals surface area contributed by atoms with Gasteiger partial charge in [0.05, 0.1) is 6.54 Å². The van der Waals surface area contributed by atoms with Crippen LogP contribution in [0.4, 0.5) is 8.78 Å². The molecule has 1 rings (SSSR count). The highest BCUT2D eigenvalue weighted by Crippen LogP contribution is 2.23. The third-order valence-corrected chi connectivity index (χ3v) is 2.96. The van der Waals surface area contributed by atoms with Crippen molar-refractivity contribution in [2.75, 3.05) is 20.1 Å². The molecule has 2 N–H and O–H groups in total. The van der Waals surface area contributed by atoms with E-state index in [1.807, 2.05) is 0 Å². The maximum atomic E-state index is 12.1. The van der Waals surface area contributed by atoms with Crippen molar-refractivity contribution in [1.29, 1.82) is 0 Å². The first-order valence-electron chi connectivity index (χ1n) is 5.32. The summed E-state index contributed by atoms with van der Waals surface area (Å²) in [6, 6.07) is 0.212. The predicted octanol–water partition coefficient (Wildman–Crippen LogP) is 1.70. The Morgan fingerprint density at radius 2 is 2.00 bits per heavy atom. The zero-order valence-corrected chi connectivity index (χ0v) is 8.76. The second-order valence-electron chi connectivity index (χ2n) is 4.32. The van der Waals surface area contributed by atoms with Crippen molar-refractivity contribution in [2.24, 2.45) is 11.7 Å². The molecule has 0 amide bonds. The molecule has 0 bridgehead atoms. The molecule has 0 heterocycles. The van der Waals surface area contributed by atoms with Crippen LogP contribution in [0.2, 0.25) is 0 Å². The van der Waals surface area contributed by atoms with E-state index < -0.39 is 6.43 Å². The van der Waals surface area contributed by atoms with Crippen molar-refractivity contribution in [3.05, 3.63) is 0 Å². The van der Waals surface area contributed by atoms with Gasteiger partial charge in [-0.2, -0.15) is 0 Å². The standard InChI is InChI=1S/C10H20F2N2/c1-14(7-10(11)12)6-8-4-2-3-5-9(8)13/h8-10H,2-7,13H2,1H3. The average Bonchev–Trinajstić information content (AvgIpc) is 2.07. The second kappa shape index (κ2) is 5.61. The van der Waals surface area contributed by atoms with Crippen molar-refractivity contribution in [1.82, 2.24) is 4.90 Å². The average molecular weight is 206 g/mol. The van der Waals surface area contributed by atoms with Gasteiger partial charge in [-0.1, -0.05) is 12.8 Å². The van der Waals surface area contributed by atoms with E-state index in [1.54, 1.807) is 11.9 Å². The van der Waals surface area contributed by atoms with Gasteiger partial charge in [0.15, 0.2) is 0 Å². The van der Waals surface area contributed by atoms with Crippen LogP contribution in [0.15, 0.2) is 0 Å². The first-order valence-corrected chi connectivity index (χ1v) is 5.32. The number of hydrogen-bond acceptors (Lipinski definition) is 2. The maximum Gasteiger partial charge on any atom is 0.251 e. The van der Waals surface area contributed by atoms with Crippen molar-refractivity contribution in [3.63, 3.8) is 0 Å². The molecule has 2 nitrogen and oxygen atoms in total. The highest BCUT2D eigenvalue weighted by atomic mass is 19.3. The van der Waals surface area contributed by atoms with E-state index in [0.29, 0.717) is 12.5 Å². The van der Waals surface area contributed by atoms with E-state index in [0.717, 1.165) is 12.8 Å². The van der Waals surface area contributed by atoms with Gasteiger partial charge in [0.2, 0.25) is 0 Å². The van der Waals surface area contributed by atoms with E-state index in [-0.39, 0.29) is 12.6 Å². The Balaban J connectivity index is 2.27. The van der Waals surface area contributed by atoms with Gasteiger partial charge in [-0.15, -0.1) is 0 Å². The van der Waals surface area contributed by atoms with Crippen LogP contribution in [0.1, 0.15) is 25.7 Å². The molecule has 2 atom stereocenters. The number of rotatable bonds is 4. The Labute approximate surface area is 84.4 Å². The van der Waals surface area contributed by atoms with Gasteiger partial charge < -0.3 is 10.6 Å². The van der Waals surface area contributed by atoms with Gasteiger partial charge in [0.25, 0.3) is 6.43 Å². The van der Waals surface area contributed by atoms with Gasteiger partial charge in [-0.3, -0.25) is 0 Å². The number of halogens is 2. The Morgan fingerprint density at radius 3 is 2.57 bits per heavy atom. The van der Waals surface area contributed by atoms with Crippen LogP contribution >= 0.6 is 0 Å². The summed E-state index contributed by atoms with van der Waals surface area (Å²) < 4.78 is 24.1. The summed E-state index contributed by atoms with van der Waals surface area (Å²) in [6.07, 6.45) is 2.29. The van der Waals surface area contributed by atoms with Crippen molar-refractivity contribution >= 4 is 0 Å². The SMILES string of the molecule is CN(CC(F)F)CC1CCCCC1N. The summed E-state index contributed by atoms with van der Waals surface area (Å²) >= 11 is 0. The minimum absolute atomic E-state index is 0.136. The van der Waals surface area contributed by atoms with Gasteiger partial charge in [-0.25, -0.2) is 8.78 Å². The van der Waals surface area contributed by atoms with E-state index >= 15 is 0 Å². The number of nitrogens with two attached hydrogens (primary N) is 1. The molecule has 0 saturated heterocycles. The monoisotopic (exact) mass is 206 g/mol. The smallest absolute Gasteiger partial charge is 0.251 e. The van der Waals surface area contributed by atoms with Crippen molar-refractivity contribution < 1.29 is 8.78 Å². The Kier molecular flexibility index (Phi) is 4.75. The molecule has 0 spiro atoms. The first kappa shape index (κ1) is 11.9. The largest absolute Gasteiger partial charge is 0.327 e. The fraction of sp³-hybridized carbons (Fsp3) is 1.00. The second-order valence-corrected chi connectivity index (χ2v) is 4.32. The molecule has 0 aliphatic heterocycles. The van der Waals surface area contributed by atoms with Gasteiger partial charge in [0.1, 0.15) is 0 Å². The molecule has 1 aliphatic carbocycles. The quantitative estimate of drug-likeness (QED) is 0.758. The van der Waals surface area contributed by atoms with E-state index in [4.69, 9.17) is 5.73 Å². The number of hydrogen-bond donors (Lipinski definition) is 1. The fourth-order valence-electron chi connectivity index (χ4n) is 2.17. The molecule has 1 saturated carbocycles. The van der Waals surface area contributed by atoms with Gasteiger partial charge in [0, 0.05) is 12.6 Å². The molecule has 4 heteroatoms. The summed E-state index contributed by atoms with van der Waals surface area (Å²) in [5, 5.41) is 0. The third kappa shape index (κ3) is 3.88. The fourth-order valence-corrected chi connectivity index (χ4v) is 2.17. The lowest BCUT2D eigenvalue weighted by Gasteiger charge is -2.31. The molecule has 0 aromatic rings. The molecule has 0 radical (unpaired) electrons. The Bertz CT molecular complexity index is 164. The zero-order chi connectivity index (χ0) is 10.6. The lowest BCUT2D eigenvalue weighted by molar-refractivity contribution is 0.0868. The lowest BCUT2D eigenvalue weighted by Crippen LogP contribution is -2.41. The van der Waals surface area contributed by atoms with Crippen molar-refractivity contribution in [2.45, 2.75) is 38.2 Å². The van der Waals surface area contributed by atoms with E-state index in [9.17, 15) is 8.78 Å². The van der Waals surface area contributed by atoms with Crippen LogP contribution in [-0.2, 0) is 0 Å². The van der Waals surface area contributed by atoms with Crippen LogP contribution in [0, 0.1) is 5.92 Å². The molecular weight excluding hydrogens is 186 g/mol. The molecule has 0 aromatic carbocycles. The molecular formula is C10H20F2N2. The lowest BCUT2D eigenvalue weighted by atomic mass is 9.85. The topological polar surface area (TPSA) is 29.3 Å². The Morgan fingerprint density at radius 1 is 1.36 bits per heavy atom. The minimum Gasteiger partial charge on any atom is -0.327 e. The normalized spacial score (nSPS) is 28.7. The summed E-state index contributed by atoms with van der Waals surface area (Å²) in [5.74, 6) is 0.410. The van der Waals surface area contributed by atoms with Crippen LogP contribution < -0.4 is 5.73 Å². The van der Waals surface area contributed by atoms with Crippen LogP contribution in [0.25, 0.3) is 0 Å². The van der Waals surface area contributed by atoms with Crippen LogP contribution in [0.5, 0.6) is 0 Å². The molecule has 2 unspecified atom stereocenters. The van der Waals surface area contributed by atoms with Gasteiger partial charge in [-0.05, 0) is 25.8 Å². The highest BCUT2D eigenvalue weighted by Gasteiger charge is 2.23. The maximum absolute atomic E-state index is 12.1. The molecule has 84 valence electrons. The summed E-state index contributed by atoms with van der Waals surface area (Å²) in [7, 11) is 1.74. The number of alkyl halides is 2. The van der Waals surface area contributed by atoms with Gasteiger partial charge >= 0.3 is 0 Å². The highest BCUT2D eigenvalue weighted by molar-refractivity contribution is 4.79. The first-order chi connectivity index (χ1) is 6.59. The summed E-state index contributed by atoms with van der Waals surface area (Å²) in [6.45, 7) is 0.578. The molecule has 14 heavy (non-hydrogen) atoms. The predicted molar refractivity (Wildman–Crippen MR) is 53.4 cm³/mol. The molecule has 1 aliphatic rings. The third-order valence-electron chi connectivity index (χ3n) is 2.96. The molecule has 1 fully saturated rings. The summed E-state index contributed by atoms with van der Waals surface area (Å²) in [4.78, 5) is 1.69. The molecule has 0 aromatic heterocycles. The van der Waals surface area contributed by atoms with Crippen LogP contribution in [-0.4, -0.2) is 37.5 Å². The summed E-state index contributed by atoms with van der Waals surface area (Å²) in [5.41, 5.74) is 5.94. The van der Waals surface area contributed by atoms with Crippen LogP contribution in [0.3, 0.4) is 0 Å². The zero-order valence-electron chi connectivity index (χ0n) is 8.76. The Hall–Kier alpha value is -0.220.